The minimum atomic E-state index is -0.840. The van der Waals surface area contributed by atoms with Crippen molar-refractivity contribution in [2.75, 3.05) is 32.7 Å². The molecule has 2 fully saturated rings. The molecular formula is C14H24N2O3. The van der Waals surface area contributed by atoms with Gasteiger partial charge in [-0.2, -0.15) is 0 Å². The van der Waals surface area contributed by atoms with Crippen LogP contribution in [0.15, 0.2) is 0 Å². The first-order chi connectivity index (χ1) is 8.89. The van der Waals surface area contributed by atoms with Crippen molar-refractivity contribution in [2.45, 2.75) is 27.2 Å². The van der Waals surface area contributed by atoms with Crippen LogP contribution in [-0.4, -0.2) is 59.5 Å². The first-order valence-electron chi connectivity index (χ1n) is 7.13. The second-order valence-electron chi connectivity index (χ2n) is 6.28. The Kier molecular flexibility index (Phi) is 3.85. The second-order valence-corrected chi connectivity index (χ2v) is 6.28. The van der Waals surface area contributed by atoms with Crippen molar-refractivity contribution < 1.29 is 14.7 Å². The summed E-state index contributed by atoms with van der Waals surface area (Å²) in [7, 11) is 0. The Bertz CT molecular complexity index is 373. The zero-order valence-electron chi connectivity index (χ0n) is 12.1. The number of hydrogen-bond acceptors (Lipinski definition) is 3. The number of aliphatic carboxylic acids is 1. The van der Waals surface area contributed by atoms with Crippen LogP contribution in [-0.2, 0) is 9.59 Å². The van der Waals surface area contributed by atoms with Gasteiger partial charge in [-0.25, -0.2) is 0 Å². The van der Waals surface area contributed by atoms with Crippen molar-refractivity contribution >= 4 is 11.9 Å². The molecule has 1 aliphatic carbocycles. The Labute approximate surface area is 114 Å². The highest BCUT2D eigenvalue weighted by molar-refractivity contribution is 5.91. The molecular weight excluding hydrogens is 244 g/mol. The molecule has 0 bridgehead atoms. The van der Waals surface area contributed by atoms with Gasteiger partial charge in [0.1, 0.15) is 0 Å². The van der Waals surface area contributed by atoms with Crippen LogP contribution in [0.25, 0.3) is 0 Å². The molecule has 5 heteroatoms. The summed E-state index contributed by atoms with van der Waals surface area (Å²) in [5, 5.41) is 9.14. The smallest absolute Gasteiger partial charge is 0.307 e. The van der Waals surface area contributed by atoms with E-state index in [-0.39, 0.29) is 17.2 Å². The molecule has 2 rings (SSSR count). The number of piperazine rings is 1. The predicted molar refractivity (Wildman–Crippen MR) is 71.7 cm³/mol. The maximum absolute atomic E-state index is 12.4. The molecule has 0 aromatic rings. The molecule has 108 valence electrons. The van der Waals surface area contributed by atoms with Gasteiger partial charge in [-0.05, 0) is 18.4 Å². The molecule has 1 saturated carbocycles. The number of hydrogen-bond donors (Lipinski definition) is 1. The highest BCUT2D eigenvalue weighted by Crippen LogP contribution is 2.59. The SMILES string of the molecule is CCCN1CCN(C(=O)C2C(C(=O)O)C2(C)C)CC1. The number of carbonyl (C=O) groups excluding carboxylic acids is 1. The van der Waals surface area contributed by atoms with Crippen molar-refractivity contribution in [3.63, 3.8) is 0 Å². The topological polar surface area (TPSA) is 60.9 Å². The fraction of sp³-hybridized carbons (Fsp3) is 0.857. The summed E-state index contributed by atoms with van der Waals surface area (Å²) < 4.78 is 0. The first-order valence-corrected chi connectivity index (χ1v) is 7.13. The monoisotopic (exact) mass is 268 g/mol. The van der Waals surface area contributed by atoms with Gasteiger partial charge in [0.15, 0.2) is 0 Å². The van der Waals surface area contributed by atoms with Crippen LogP contribution >= 0.6 is 0 Å². The summed E-state index contributed by atoms with van der Waals surface area (Å²) in [5.74, 6) is -1.64. The van der Waals surface area contributed by atoms with E-state index in [1.807, 2.05) is 18.7 Å². The van der Waals surface area contributed by atoms with E-state index in [0.29, 0.717) is 0 Å². The third kappa shape index (κ3) is 2.61. The molecule has 1 heterocycles. The fourth-order valence-corrected chi connectivity index (χ4v) is 3.26. The molecule has 2 aliphatic rings. The van der Waals surface area contributed by atoms with E-state index in [0.717, 1.165) is 39.1 Å². The van der Waals surface area contributed by atoms with Crippen molar-refractivity contribution in [3.05, 3.63) is 0 Å². The minimum Gasteiger partial charge on any atom is -0.481 e. The van der Waals surface area contributed by atoms with Crippen molar-refractivity contribution in [1.29, 1.82) is 0 Å². The van der Waals surface area contributed by atoms with Crippen LogP contribution in [0.2, 0.25) is 0 Å². The summed E-state index contributed by atoms with van der Waals surface area (Å²) >= 11 is 0. The summed E-state index contributed by atoms with van der Waals surface area (Å²) in [6, 6.07) is 0. The molecule has 2 unspecified atom stereocenters. The molecule has 19 heavy (non-hydrogen) atoms. The zero-order chi connectivity index (χ0) is 14.2. The molecule has 1 aliphatic heterocycles. The Hall–Kier alpha value is -1.10. The van der Waals surface area contributed by atoms with Gasteiger partial charge < -0.3 is 10.0 Å². The number of carboxylic acids is 1. The molecule has 0 aromatic heterocycles. The standard InChI is InChI=1S/C14H24N2O3/c1-4-5-15-6-8-16(9-7-15)12(17)10-11(13(18)19)14(10,2)3/h10-11H,4-9H2,1-3H3,(H,18,19). The van der Waals surface area contributed by atoms with Gasteiger partial charge in [-0.3, -0.25) is 14.5 Å². The molecule has 2 atom stereocenters. The molecule has 0 radical (unpaired) electrons. The van der Waals surface area contributed by atoms with Crippen LogP contribution in [0.5, 0.6) is 0 Å². The van der Waals surface area contributed by atoms with Gasteiger partial charge in [0.05, 0.1) is 11.8 Å². The zero-order valence-corrected chi connectivity index (χ0v) is 12.1. The van der Waals surface area contributed by atoms with E-state index in [1.54, 1.807) is 0 Å². The average molecular weight is 268 g/mol. The van der Waals surface area contributed by atoms with E-state index in [2.05, 4.69) is 11.8 Å². The Balaban J connectivity index is 1.91. The number of nitrogens with zero attached hydrogens (tertiary/aromatic N) is 2. The predicted octanol–water partition coefficient (Wildman–Crippen LogP) is 0.897. The maximum Gasteiger partial charge on any atom is 0.307 e. The molecule has 1 amide bonds. The van der Waals surface area contributed by atoms with Gasteiger partial charge in [-0.1, -0.05) is 20.8 Å². The van der Waals surface area contributed by atoms with E-state index in [1.165, 1.54) is 0 Å². The van der Waals surface area contributed by atoms with E-state index < -0.39 is 11.9 Å². The van der Waals surface area contributed by atoms with Gasteiger partial charge >= 0.3 is 5.97 Å². The Morgan fingerprint density at radius 1 is 1.16 bits per heavy atom. The first kappa shape index (κ1) is 14.3. The van der Waals surface area contributed by atoms with Crippen LogP contribution in [0.3, 0.4) is 0 Å². The minimum absolute atomic E-state index is 0.0357. The summed E-state index contributed by atoms with van der Waals surface area (Å²) in [6.45, 7) is 10.3. The third-order valence-electron chi connectivity index (χ3n) is 4.58. The summed E-state index contributed by atoms with van der Waals surface area (Å²) in [6.07, 6.45) is 1.13. The van der Waals surface area contributed by atoms with Crippen LogP contribution in [0.1, 0.15) is 27.2 Å². The molecule has 1 saturated heterocycles. The second kappa shape index (κ2) is 5.12. The lowest BCUT2D eigenvalue weighted by Gasteiger charge is -2.35. The van der Waals surface area contributed by atoms with Gasteiger partial charge in [0.2, 0.25) is 5.91 Å². The van der Waals surface area contributed by atoms with Crippen molar-refractivity contribution in [2.24, 2.45) is 17.3 Å². The molecule has 1 N–H and O–H groups in total. The van der Waals surface area contributed by atoms with Gasteiger partial charge in [-0.15, -0.1) is 0 Å². The normalized spacial score (nSPS) is 30.2. The van der Waals surface area contributed by atoms with Crippen LogP contribution < -0.4 is 0 Å². The van der Waals surface area contributed by atoms with Crippen LogP contribution in [0.4, 0.5) is 0 Å². The third-order valence-corrected chi connectivity index (χ3v) is 4.58. The van der Waals surface area contributed by atoms with Crippen molar-refractivity contribution in [3.8, 4) is 0 Å². The highest BCUT2D eigenvalue weighted by atomic mass is 16.4. The summed E-state index contributed by atoms with van der Waals surface area (Å²) in [5.41, 5.74) is -0.385. The Morgan fingerprint density at radius 2 is 1.74 bits per heavy atom. The average Bonchev–Trinajstić information content (AvgIpc) is 2.93. The number of carboxylic acid groups (broad SMARTS) is 1. The van der Waals surface area contributed by atoms with E-state index >= 15 is 0 Å². The number of carbonyl (C=O) groups is 2. The lowest BCUT2D eigenvalue weighted by atomic mass is 10.1. The lowest BCUT2D eigenvalue weighted by Crippen LogP contribution is -2.49. The van der Waals surface area contributed by atoms with Crippen LogP contribution in [0, 0.1) is 17.3 Å². The van der Waals surface area contributed by atoms with Crippen molar-refractivity contribution in [1.82, 2.24) is 9.80 Å². The van der Waals surface area contributed by atoms with E-state index in [9.17, 15) is 9.59 Å². The Morgan fingerprint density at radius 3 is 2.16 bits per heavy atom. The fourth-order valence-electron chi connectivity index (χ4n) is 3.26. The maximum atomic E-state index is 12.4. The quantitative estimate of drug-likeness (QED) is 0.823. The molecule has 5 nitrogen and oxygen atoms in total. The summed E-state index contributed by atoms with van der Waals surface area (Å²) in [4.78, 5) is 27.7. The molecule has 0 aromatic carbocycles. The largest absolute Gasteiger partial charge is 0.481 e. The highest BCUT2D eigenvalue weighted by Gasteiger charge is 2.66. The molecule has 0 spiro atoms. The van der Waals surface area contributed by atoms with Gasteiger partial charge in [0, 0.05) is 26.2 Å². The van der Waals surface area contributed by atoms with Gasteiger partial charge in [0.25, 0.3) is 0 Å². The lowest BCUT2D eigenvalue weighted by molar-refractivity contribution is -0.142. The van der Waals surface area contributed by atoms with E-state index in [4.69, 9.17) is 5.11 Å². The number of amides is 1. The number of rotatable bonds is 4.